The monoisotopic (exact) mass is 288 g/mol. The van der Waals surface area contributed by atoms with Crippen molar-refractivity contribution in [1.82, 2.24) is 4.98 Å². The molecule has 0 saturated carbocycles. The molecule has 1 aliphatic heterocycles. The smallest absolute Gasteiger partial charge is 0.128 e. The lowest BCUT2D eigenvalue weighted by Crippen LogP contribution is -2.47. The van der Waals surface area contributed by atoms with Crippen LogP contribution in [-0.2, 0) is 0 Å². The van der Waals surface area contributed by atoms with Gasteiger partial charge in [0.2, 0.25) is 0 Å². The highest BCUT2D eigenvalue weighted by molar-refractivity contribution is 6.30. The maximum Gasteiger partial charge on any atom is 0.128 e. The Bertz CT molecular complexity index is 577. The van der Waals surface area contributed by atoms with Gasteiger partial charge in [-0.2, -0.15) is 0 Å². The van der Waals surface area contributed by atoms with E-state index in [1.807, 2.05) is 30.3 Å². The zero-order valence-electron chi connectivity index (χ0n) is 11.2. The van der Waals surface area contributed by atoms with Crippen molar-refractivity contribution in [2.75, 3.05) is 41.7 Å². The Morgan fingerprint density at radius 2 is 1.65 bits per heavy atom. The molecule has 1 saturated heterocycles. The summed E-state index contributed by atoms with van der Waals surface area (Å²) < 4.78 is 0. The fraction of sp³-hybridized carbons (Fsp3) is 0.267. The molecule has 0 amide bonds. The number of pyridine rings is 1. The third-order valence-electron chi connectivity index (χ3n) is 3.59. The van der Waals surface area contributed by atoms with Crippen molar-refractivity contribution >= 4 is 28.8 Å². The van der Waals surface area contributed by atoms with Gasteiger partial charge >= 0.3 is 0 Å². The van der Waals surface area contributed by atoms with Crippen LogP contribution >= 0.6 is 11.6 Å². The van der Waals surface area contributed by atoms with Crippen molar-refractivity contribution in [2.24, 2.45) is 0 Å². The number of anilines is 3. The minimum absolute atomic E-state index is 0.671. The molecule has 2 N–H and O–H groups in total. The molecule has 1 aromatic carbocycles. The molecule has 5 heteroatoms. The normalized spacial score (nSPS) is 15.4. The molecule has 0 aliphatic carbocycles. The summed E-state index contributed by atoms with van der Waals surface area (Å²) in [5.41, 5.74) is 7.99. The van der Waals surface area contributed by atoms with Crippen LogP contribution in [0, 0.1) is 0 Å². The van der Waals surface area contributed by atoms with E-state index in [0.29, 0.717) is 5.02 Å². The summed E-state index contributed by atoms with van der Waals surface area (Å²) in [6.07, 6.45) is 1.69. The molecule has 2 heterocycles. The van der Waals surface area contributed by atoms with E-state index in [4.69, 9.17) is 17.3 Å². The second-order valence-corrected chi connectivity index (χ2v) is 5.30. The number of nitrogens with zero attached hydrogens (tertiary/aromatic N) is 3. The first kappa shape index (κ1) is 13.1. The number of rotatable bonds is 2. The molecule has 3 rings (SSSR count). The van der Waals surface area contributed by atoms with E-state index < -0.39 is 0 Å². The molecule has 0 atom stereocenters. The average molecular weight is 289 g/mol. The number of para-hydroxylation sites is 2. The van der Waals surface area contributed by atoms with Crippen molar-refractivity contribution in [3.63, 3.8) is 0 Å². The van der Waals surface area contributed by atoms with E-state index in [1.165, 1.54) is 0 Å². The molecule has 0 unspecified atom stereocenters. The number of benzene rings is 1. The van der Waals surface area contributed by atoms with E-state index >= 15 is 0 Å². The molecular formula is C15H17ClN4. The van der Waals surface area contributed by atoms with E-state index in [2.05, 4.69) is 20.9 Å². The minimum Gasteiger partial charge on any atom is -0.397 e. The molecule has 1 aliphatic rings. The highest BCUT2D eigenvalue weighted by Gasteiger charge is 2.19. The van der Waals surface area contributed by atoms with Crippen LogP contribution in [0.5, 0.6) is 0 Å². The van der Waals surface area contributed by atoms with Crippen molar-refractivity contribution < 1.29 is 0 Å². The number of hydrogen-bond acceptors (Lipinski definition) is 4. The van der Waals surface area contributed by atoms with Gasteiger partial charge in [-0.3, -0.25) is 0 Å². The molecule has 2 aromatic rings. The molecule has 20 heavy (non-hydrogen) atoms. The van der Waals surface area contributed by atoms with Gasteiger partial charge in [0.25, 0.3) is 0 Å². The average Bonchev–Trinajstić information content (AvgIpc) is 2.49. The summed E-state index contributed by atoms with van der Waals surface area (Å²) in [4.78, 5) is 8.96. The number of halogens is 1. The summed E-state index contributed by atoms with van der Waals surface area (Å²) >= 11 is 5.87. The van der Waals surface area contributed by atoms with Crippen molar-refractivity contribution in [2.45, 2.75) is 0 Å². The van der Waals surface area contributed by atoms with Gasteiger partial charge in [0.05, 0.1) is 16.4 Å². The molecule has 104 valence electrons. The Morgan fingerprint density at radius 3 is 2.30 bits per heavy atom. The topological polar surface area (TPSA) is 45.4 Å². The third-order valence-corrected chi connectivity index (χ3v) is 3.82. The van der Waals surface area contributed by atoms with Crippen LogP contribution in [0.3, 0.4) is 0 Å². The number of aromatic nitrogens is 1. The third kappa shape index (κ3) is 2.65. The Hall–Kier alpha value is -1.94. The quantitative estimate of drug-likeness (QED) is 0.863. The fourth-order valence-corrected chi connectivity index (χ4v) is 2.62. The summed E-state index contributed by atoms with van der Waals surface area (Å²) in [5, 5.41) is 0.671. The second-order valence-electron chi connectivity index (χ2n) is 4.87. The summed E-state index contributed by atoms with van der Waals surface area (Å²) in [6, 6.07) is 11.9. The minimum atomic E-state index is 0.671. The van der Waals surface area contributed by atoms with Gasteiger partial charge in [-0.1, -0.05) is 23.7 Å². The van der Waals surface area contributed by atoms with Crippen LogP contribution in [0.2, 0.25) is 5.02 Å². The van der Waals surface area contributed by atoms with Crippen molar-refractivity contribution in [3.8, 4) is 0 Å². The Balaban J connectivity index is 1.68. The lowest BCUT2D eigenvalue weighted by molar-refractivity contribution is 0.648. The fourth-order valence-electron chi connectivity index (χ4n) is 2.51. The summed E-state index contributed by atoms with van der Waals surface area (Å²) in [7, 11) is 0. The Morgan fingerprint density at radius 1 is 0.950 bits per heavy atom. The van der Waals surface area contributed by atoms with E-state index in [-0.39, 0.29) is 0 Å². The lowest BCUT2D eigenvalue weighted by Gasteiger charge is -2.37. The molecule has 0 bridgehead atoms. The van der Waals surface area contributed by atoms with E-state index in [9.17, 15) is 0 Å². The Labute approximate surface area is 123 Å². The van der Waals surface area contributed by atoms with Gasteiger partial charge in [-0.05, 0) is 24.3 Å². The number of nitrogen functional groups attached to an aromatic ring is 1. The standard InChI is InChI=1S/C15H17ClN4/c16-12-5-6-15(18-11-12)20-9-7-19(8-10-20)14-4-2-1-3-13(14)17/h1-6,11H,7-10,17H2. The number of nitrogens with two attached hydrogens (primary N) is 1. The summed E-state index contributed by atoms with van der Waals surface area (Å²) in [5.74, 6) is 0.982. The van der Waals surface area contributed by atoms with Crippen LogP contribution in [0.1, 0.15) is 0 Å². The molecule has 0 radical (unpaired) electrons. The van der Waals surface area contributed by atoms with Gasteiger partial charge in [-0.25, -0.2) is 4.98 Å². The molecular weight excluding hydrogens is 272 g/mol. The second kappa shape index (κ2) is 5.59. The predicted molar refractivity (Wildman–Crippen MR) is 84.5 cm³/mol. The van der Waals surface area contributed by atoms with Gasteiger partial charge in [0.15, 0.2) is 0 Å². The van der Waals surface area contributed by atoms with E-state index in [1.54, 1.807) is 6.20 Å². The first-order chi connectivity index (χ1) is 9.74. The van der Waals surface area contributed by atoms with Crippen LogP contribution in [0.4, 0.5) is 17.2 Å². The van der Waals surface area contributed by atoms with Crippen molar-refractivity contribution in [3.05, 3.63) is 47.6 Å². The van der Waals surface area contributed by atoms with Crippen LogP contribution in [0.15, 0.2) is 42.6 Å². The van der Waals surface area contributed by atoms with Crippen LogP contribution < -0.4 is 15.5 Å². The lowest BCUT2D eigenvalue weighted by atomic mass is 10.2. The summed E-state index contributed by atoms with van der Waals surface area (Å²) in [6.45, 7) is 3.75. The Kier molecular flexibility index (Phi) is 3.65. The van der Waals surface area contributed by atoms with E-state index in [0.717, 1.165) is 43.4 Å². The van der Waals surface area contributed by atoms with Crippen LogP contribution in [-0.4, -0.2) is 31.2 Å². The zero-order valence-corrected chi connectivity index (χ0v) is 11.9. The SMILES string of the molecule is Nc1ccccc1N1CCN(c2ccc(Cl)cn2)CC1. The number of hydrogen-bond donors (Lipinski definition) is 1. The van der Waals surface area contributed by atoms with Gasteiger partial charge in [0, 0.05) is 32.4 Å². The maximum atomic E-state index is 6.03. The maximum absolute atomic E-state index is 6.03. The molecule has 1 aromatic heterocycles. The number of piperazine rings is 1. The highest BCUT2D eigenvalue weighted by Crippen LogP contribution is 2.24. The van der Waals surface area contributed by atoms with Gasteiger partial charge < -0.3 is 15.5 Å². The first-order valence-corrected chi connectivity index (χ1v) is 7.08. The van der Waals surface area contributed by atoms with Crippen molar-refractivity contribution in [1.29, 1.82) is 0 Å². The highest BCUT2D eigenvalue weighted by atomic mass is 35.5. The van der Waals surface area contributed by atoms with Gasteiger partial charge in [-0.15, -0.1) is 0 Å². The zero-order chi connectivity index (χ0) is 13.9. The first-order valence-electron chi connectivity index (χ1n) is 6.70. The van der Waals surface area contributed by atoms with Crippen LogP contribution in [0.25, 0.3) is 0 Å². The van der Waals surface area contributed by atoms with Gasteiger partial charge in [0.1, 0.15) is 5.82 Å². The molecule has 4 nitrogen and oxygen atoms in total. The molecule has 0 spiro atoms. The molecule has 1 fully saturated rings. The predicted octanol–water partition coefficient (Wildman–Crippen LogP) is 2.64. The largest absolute Gasteiger partial charge is 0.397 e.